The minimum atomic E-state index is -1.18. The van der Waals surface area contributed by atoms with E-state index in [0.29, 0.717) is 16.6 Å². The first-order valence-corrected chi connectivity index (χ1v) is 8.88. The standard InChI is InChI=1S/C21H18N4O4/c1-11-5-6-16-14(7-11)17(15-9-23-21(29)24-19(15)26)18(20(27)28)25(16)10-12-3-2-4-13(22)8-12/h2-9H,10,22H2,1H3,(H,27,28)(H2,23,24,26,29). The van der Waals surface area contributed by atoms with Gasteiger partial charge < -0.3 is 20.4 Å². The number of aryl methyl sites for hydroxylation is 1. The summed E-state index contributed by atoms with van der Waals surface area (Å²) in [5.74, 6) is -1.18. The minimum absolute atomic E-state index is 0.0365. The average molecular weight is 390 g/mol. The molecular formula is C21H18N4O4. The van der Waals surface area contributed by atoms with E-state index in [-0.39, 0.29) is 23.4 Å². The zero-order valence-corrected chi connectivity index (χ0v) is 15.5. The van der Waals surface area contributed by atoms with Gasteiger partial charge in [0.15, 0.2) is 0 Å². The lowest BCUT2D eigenvalue weighted by Crippen LogP contribution is -2.23. The first kappa shape index (κ1) is 18.3. The second-order valence-corrected chi connectivity index (χ2v) is 6.87. The largest absolute Gasteiger partial charge is 0.477 e. The van der Waals surface area contributed by atoms with Crippen molar-refractivity contribution >= 4 is 22.6 Å². The van der Waals surface area contributed by atoms with Crippen molar-refractivity contribution in [2.75, 3.05) is 5.73 Å². The van der Waals surface area contributed by atoms with Crippen LogP contribution in [0.4, 0.5) is 5.69 Å². The quantitative estimate of drug-likeness (QED) is 0.397. The third-order valence-corrected chi connectivity index (χ3v) is 4.80. The molecule has 8 heteroatoms. The molecule has 0 aliphatic rings. The maximum atomic E-state index is 12.5. The number of aromatic nitrogens is 3. The number of nitrogens with one attached hydrogen (secondary N) is 2. The number of carboxylic acids is 1. The van der Waals surface area contributed by atoms with E-state index in [2.05, 4.69) is 9.97 Å². The van der Waals surface area contributed by atoms with E-state index in [9.17, 15) is 19.5 Å². The summed E-state index contributed by atoms with van der Waals surface area (Å²) < 4.78 is 1.64. The van der Waals surface area contributed by atoms with Crippen molar-refractivity contribution < 1.29 is 9.90 Å². The van der Waals surface area contributed by atoms with E-state index >= 15 is 0 Å². The highest BCUT2D eigenvalue weighted by Gasteiger charge is 2.25. The molecule has 0 aliphatic heterocycles. The Labute approximate surface area is 164 Å². The predicted octanol–water partition coefficient (Wildman–Crippen LogP) is 2.32. The molecule has 2 heterocycles. The summed E-state index contributed by atoms with van der Waals surface area (Å²) in [7, 11) is 0. The number of aromatic amines is 2. The van der Waals surface area contributed by atoms with E-state index in [1.807, 2.05) is 31.2 Å². The summed E-state index contributed by atoms with van der Waals surface area (Å²) in [4.78, 5) is 40.8. The molecule has 4 aromatic rings. The van der Waals surface area contributed by atoms with Gasteiger partial charge >= 0.3 is 11.7 Å². The first-order chi connectivity index (χ1) is 13.8. The molecule has 0 fully saturated rings. The number of nitrogens with zero attached hydrogens (tertiary/aromatic N) is 1. The lowest BCUT2D eigenvalue weighted by molar-refractivity contribution is 0.0687. The zero-order valence-electron chi connectivity index (χ0n) is 15.5. The van der Waals surface area contributed by atoms with Gasteiger partial charge in [0.25, 0.3) is 5.56 Å². The van der Waals surface area contributed by atoms with Crippen LogP contribution < -0.4 is 17.0 Å². The molecule has 0 saturated heterocycles. The van der Waals surface area contributed by atoms with E-state index < -0.39 is 17.2 Å². The third-order valence-electron chi connectivity index (χ3n) is 4.80. The molecule has 0 radical (unpaired) electrons. The molecule has 0 amide bonds. The number of aromatic carboxylic acids is 1. The number of nitrogen functional groups attached to an aromatic ring is 1. The molecule has 5 N–H and O–H groups in total. The molecule has 0 aliphatic carbocycles. The fourth-order valence-electron chi connectivity index (χ4n) is 3.60. The molecule has 2 aromatic heterocycles. The van der Waals surface area contributed by atoms with Crippen LogP contribution in [0.5, 0.6) is 0 Å². The SMILES string of the molecule is Cc1ccc2c(c1)c(-c1c[nH]c(=O)[nH]c1=O)c(C(=O)O)n2Cc1cccc(N)c1. The van der Waals surface area contributed by atoms with E-state index in [0.717, 1.165) is 11.1 Å². The van der Waals surface area contributed by atoms with Crippen LogP contribution in [0.1, 0.15) is 21.6 Å². The number of nitrogens with two attached hydrogens (primary N) is 1. The normalized spacial score (nSPS) is 11.1. The highest BCUT2D eigenvalue weighted by Crippen LogP contribution is 2.34. The summed E-state index contributed by atoms with van der Waals surface area (Å²) in [6.45, 7) is 2.14. The first-order valence-electron chi connectivity index (χ1n) is 8.88. The van der Waals surface area contributed by atoms with Gasteiger partial charge in [0, 0.05) is 34.9 Å². The molecule has 0 saturated carbocycles. The van der Waals surface area contributed by atoms with Crippen LogP contribution in [0.2, 0.25) is 0 Å². The number of benzene rings is 2. The molecule has 0 spiro atoms. The van der Waals surface area contributed by atoms with E-state index in [1.54, 1.807) is 22.8 Å². The minimum Gasteiger partial charge on any atom is -0.477 e. The van der Waals surface area contributed by atoms with Crippen LogP contribution >= 0.6 is 0 Å². The Morgan fingerprint density at radius 3 is 2.66 bits per heavy atom. The van der Waals surface area contributed by atoms with Crippen molar-refractivity contribution in [3.05, 3.63) is 86.3 Å². The number of rotatable bonds is 4. The number of hydrogen-bond acceptors (Lipinski definition) is 4. The molecule has 146 valence electrons. The van der Waals surface area contributed by atoms with Crippen LogP contribution in [0.3, 0.4) is 0 Å². The van der Waals surface area contributed by atoms with Crippen molar-refractivity contribution in [2.24, 2.45) is 0 Å². The van der Waals surface area contributed by atoms with Crippen LogP contribution in [-0.4, -0.2) is 25.6 Å². The molecule has 29 heavy (non-hydrogen) atoms. The number of carbonyl (C=O) groups is 1. The Kier molecular flexibility index (Phi) is 4.31. The van der Waals surface area contributed by atoms with Crippen molar-refractivity contribution in [3.63, 3.8) is 0 Å². The second kappa shape index (κ2) is 6.83. The van der Waals surface area contributed by atoms with Gasteiger partial charge in [0.05, 0.1) is 5.56 Å². The van der Waals surface area contributed by atoms with Crippen LogP contribution in [0.15, 0.2) is 58.3 Å². The van der Waals surface area contributed by atoms with E-state index in [4.69, 9.17) is 5.73 Å². The fourth-order valence-corrected chi connectivity index (χ4v) is 3.60. The van der Waals surface area contributed by atoms with Gasteiger partial charge in [-0.05, 0) is 36.8 Å². The second-order valence-electron chi connectivity index (χ2n) is 6.87. The maximum absolute atomic E-state index is 12.5. The van der Waals surface area contributed by atoms with Crippen LogP contribution in [0, 0.1) is 6.92 Å². The molecule has 8 nitrogen and oxygen atoms in total. The van der Waals surface area contributed by atoms with E-state index in [1.165, 1.54) is 6.20 Å². The average Bonchev–Trinajstić information content (AvgIpc) is 2.95. The van der Waals surface area contributed by atoms with Crippen molar-refractivity contribution in [3.8, 4) is 11.1 Å². The summed E-state index contributed by atoms with van der Waals surface area (Å²) in [5.41, 5.74) is 7.85. The fraction of sp³-hybridized carbons (Fsp3) is 0.0952. The monoisotopic (exact) mass is 390 g/mol. The zero-order chi connectivity index (χ0) is 20.7. The van der Waals surface area contributed by atoms with Crippen molar-refractivity contribution in [1.82, 2.24) is 14.5 Å². The molecular weight excluding hydrogens is 372 g/mol. The van der Waals surface area contributed by atoms with Gasteiger partial charge in [0.1, 0.15) is 5.69 Å². The van der Waals surface area contributed by atoms with Crippen molar-refractivity contribution in [1.29, 1.82) is 0 Å². The lowest BCUT2D eigenvalue weighted by atomic mass is 10.0. The van der Waals surface area contributed by atoms with Gasteiger partial charge in [-0.25, -0.2) is 9.59 Å². The van der Waals surface area contributed by atoms with Crippen molar-refractivity contribution in [2.45, 2.75) is 13.5 Å². The Morgan fingerprint density at radius 2 is 1.97 bits per heavy atom. The van der Waals surface area contributed by atoms with Gasteiger partial charge in [-0.2, -0.15) is 0 Å². The van der Waals surface area contributed by atoms with Gasteiger partial charge in [-0.15, -0.1) is 0 Å². The molecule has 0 bridgehead atoms. The highest BCUT2D eigenvalue weighted by atomic mass is 16.4. The van der Waals surface area contributed by atoms with Crippen LogP contribution in [0.25, 0.3) is 22.0 Å². The summed E-state index contributed by atoms with van der Waals surface area (Å²) in [5, 5.41) is 10.6. The van der Waals surface area contributed by atoms with Gasteiger partial charge in [-0.1, -0.05) is 23.8 Å². The molecule has 0 unspecified atom stereocenters. The highest BCUT2D eigenvalue weighted by molar-refractivity contribution is 6.08. The molecule has 4 rings (SSSR count). The Bertz CT molecular complexity index is 1380. The number of H-pyrrole nitrogens is 2. The predicted molar refractivity (Wildman–Crippen MR) is 110 cm³/mol. The summed E-state index contributed by atoms with van der Waals surface area (Å²) in [6, 6.07) is 12.7. The van der Waals surface area contributed by atoms with Gasteiger partial charge in [-0.3, -0.25) is 9.78 Å². The summed E-state index contributed by atoms with van der Waals surface area (Å²) >= 11 is 0. The summed E-state index contributed by atoms with van der Waals surface area (Å²) in [6.07, 6.45) is 1.25. The molecule has 0 atom stereocenters. The Balaban J connectivity index is 2.08. The van der Waals surface area contributed by atoms with Crippen LogP contribution in [-0.2, 0) is 6.54 Å². The number of anilines is 1. The lowest BCUT2D eigenvalue weighted by Gasteiger charge is -2.10. The molecule has 2 aromatic carbocycles. The smallest absolute Gasteiger partial charge is 0.353 e. The number of carboxylic acid groups (broad SMARTS) is 1. The third kappa shape index (κ3) is 3.20. The number of hydrogen-bond donors (Lipinski definition) is 4. The number of fused-ring (bicyclic) bond motifs is 1. The maximum Gasteiger partial charge on any atom is 0.353 e. The Hall–Kier alpha value is -4.07. The Morgan fingerprint density at radius 1 is 1.17 bits per heavy atom. The van der Waals surface area contributed by atoms with Gasteiger partial charge in [0.2, 0.25) is 0 Å². The topological polar surface area (TPSA) is 134 Å².